The average Bonchev–Trinajstić information content (AvgIpc) is 2.42. The summed E-state index contributed by atoms with van der Waals surface area (Å²) in [6.45, 7) is 8.51. The summed E-state index contributed by atoms with van der Waals surface area (Å²) < 4.78 is 0. The molecule has 1 aromatic heterocycles. The number of rotatable bonds is 8. The Kier molecular flexibility index (Phi) is 6.56. The minimum absolute atomic E-state index is 0.599. The van der Waals surface area contributed by atoms with Crippen LogP contribution in [0.2, 0.25) is 0 Å². The lowest BCUT2D eigenvalue weighted by Gasteiger charge is -2.20. The topological polar surface area (TPSA) is 53.1 Å². The van der Waals surface area contributed by atoms with Crippen LogP contribution >= 0.6 is 0 Å². The summed E-state index contributed by atoms with van der Waals surface area (Å²) in [7, 11) is 4.03. The van der Waals surface area contributed by atoms with Gasteiger partial charge in [-0.25, -0.2) is 9.97 Å². The molecule has 0 aliphatic heterocycles. The van der Waals surface area contributed by atoms with Gasteiger partial charge in [0.2, 0.25) is 0 Å². The van der Waals surface area contributed by atoms with E-state index < -0.39 is 0 Å². The Labute approximate surface area is 116 Å². The molecule has 1 aromatic rings. The molecule has 0 atom stereocenters. The van der Waals surface area contributed by atoms with Gasteiger partial charge in [-0.05, 0) is 33.9 Å². The zero-order valence-corrected chi connectivity index (χ0v) is 12.8. The third-order valence-corrected chi connectivity index (χ3v) is 3.22. The molecule has 5 heteroatoms. The number of hydrogen-bond donors (Lipinski definition) is 2. The van der Waals surface area contributed by atoms with E-state index >= 15 is 0 Å². The van der Waals surface area contributed by atoms with Crippen molar-refractivity contribution in [3.8, 4) is 0 Å². The van der Waals surface area contributed by atoms with E-state index in [4.69, 9.17) is 0 Å². The molecule has 2 N–H and O–H groups in total. The van der Waals surface area contributed by atoms with Crippen molar-refractivity contribution >= 4 is 11.6 Å². The van der Waals surface area contributed by atoms with Crippen molar-refractivity contribution in [3.63, 3.8) is 0 Å². The predicted molar refractivity (Wildman–Crippen MR) is 81.8 cm³/mol. The molecule has 0 saturated carbocycles. The lowest BCUT2D eigenvalue weighted by atomic mass is 10.3. The van der Waals surface area contributed by atoms with Gasteiger partial charge >= 0.3 is 0 Å². The molecule has 0 saturated heterocycles. The van der Waals surface area contributed by atoms with E-state index in [1.54, 1.807) is 0 Å². The normalized spacial score (nSPS) is 11.1. The van der Waals surface area contributed by atoms with E-state index in [9.17, 15) is 0 Å². The van der Waals surface area contributed by atoms with Gasteiger partial charge in [-0.1, -0.05) is 6.92 Å². The summed E-state index contributed by atoms with van der Waals surface area (Å²) in [5.74, 6) is 2.64. The van der Waals surface area contributed by atoms with Crippen molar-refractivity contribution in [1.82, 2.24) is 14.9 Å². The number of nitrogens with zero attached hydrogens (tertiary/aromatic N) is 3. The minimum atomic E-state index is 0.599. The highest BCUT2D eigenvalue weighted by Gasteiger charge is 2.04. The van der Waals surface area contributed by atoms with Crippen LogP contribution in [0, 0.1) is 0 Å². The number of aromatic nitrogens is 2. The SMILES string of the molecule is CCc1nc(NC)cc(NCCCN(C)C(C)C)n1. The maximum absolute atomic E-state index is 4.48. The molecular formula is C14H27N5. The van der Waals surface area contributed by atoms with Crippen LogP contribution in [0.3, 0.4) is 0 Å². The van der Waals surface area contributed by atoms with Gasteiger partial charge in [0, 0.05) is 32.1 Å². The molecule has 0 aromatic carbocycles. The molecule has 1 heterocycles. The van der Waals surface area contributed by atoms with Gasteiger partial charge in [0.15, 0.2) is 0 Å². The summed E-state index contributed by atoms with van der Waals surface area (Å²) >= 11 is 0. The highest BCUT2D eigenvalue weighted by molar-refractivity contribution is 5.47. The molecule has 0 spiro atoms. The molecular weight excluding hydrogens is 238 g/mol. The summed E-state index contributed by atoms with van der Waals surface area (Å²) in [6, 6.07) is 2.55. The number of aryl methyl sites for hydroxylation is 1. The van der Waals surface area contributed by atoms with Gasteiger partial charge in [-0.3, -0.25) is 0 Å². The van der Waals surface area contributed by atoms with Gasteiger partial charge in [-0.2, -0.15) is 0 Å². The fourth-order valence-corrected chi connectivity index (χ4v) is 1.68. The van der Waals surface area contributed by atoms with E-state index in [0.29, 0.717) is 6.04 Å². The van der Waals surface area contributed by atoms with Gasteiger partial charge in [0.1, 0.15) is 17.5 Å². The predicted octanol–water partition coefficient (Wildman–Crippen LogP) is 2.22. The van der Waals surface area contributed by atoms with Crippen LogP contribution in [0.4, 0.5) is 11.6 Å². The quantitative estimate of drug-likeness (QED) is 0.706. The van der Waals surface area contributed by atoms with Crippen LogP contribution in [0.5, 0.6) is 0 Å². The highest BCUT2D eigenvalue weighted by atomic mass is 15.1. The van der Waals surface area contributed by atoms with Crippen LogP contribution in [0.25, 0.3) is 0 Å². The molecule has 0 radical (unpaired) electrons. The summed E-state index contributed by atoms with van der Waals surface area (Å²) in [5, 5.41) is 6.44. The second-order valence-corrected chi connectivity index (χ2v) is 5.01. The van der Waals surface area contributed by atoms with Crippen molar-refractivity contribution in [3.05, 3.63) is 11.9 Å². The second-order valence-electron chi connectivity index (χ2n) is 5.01. The smallest absolute Gasteiger partial charge is 0.132 e. The lowest BCUT2D eigenvalue weighted by molar-refractivity contribution is 0.273. The molecule has 0 amide bonds. The molecule has 1 rings (SSSR count). The molecule has 0 aliphatic rings. The van der Waals surface area contributed by atoms with E-state index in [-0.39, 0.29) is 0 Å². The fraction of sp³-hybridized carbons (Fsp3) is 0.714. The first-order valence-corrected chi connectivity index (χ1v) is 7.06. The van der Waals surface area contributed by atoms with E-state index in [1.165, 1.54) is 0 Å². The van der Waals surface area contributed by atoms with Gasteiger partial charge in [0.25, 0.3) is 0 Å². The van der Waals surface area contributed by atoms with E-state index in [0.717, 1.165) is 43.4 Å². The standard InChI is InChI=1S/C14H27N5/c1-6-12-17-13(15-4)10-14(18-12)16-8-7-9-19(5)11(2)3/h10-11H,6-9H2,1-5H3,(H2,15,16,17,18). The molecule has 5 nitrogen and oxygen atoms in total. The molecule has 108 valence electrons. The second kappa shape index (κ2) is 7.94. The van der Waals surface area contributed by atoms with Crippen LogP contribution in [-0.2, 0) is 6.42 Å². The fourth-order valence-electron chi connectivity index (χ4n) is 1.68. The molecule has 0 bridgehead atoms. The Hall–Kier alpha value is -1.36. The molecule has 19 heavy (non-hydrogen) atoms. The largest absolute Gasteiger partial charge is 0.373 e. The lowest BCUT2D eigenvalue weighted by Crippen LogP contribution is -2.28. The third-order valence-electron chi connectivity index (χ3n) is 3.22. The average molecular weight is 265 g/mol. The van der Waals surface area contributed by atoms with Gasteiger partial charge in [-0.15, -0.1) is 0 Å². The molecule has 0 unspecified atom stereocenters. The van der Waals surface area contributed by atoms with Crippen molar-refractivity contribution < 1.29 is 0 Å². The number of anilines is 2. The highest BCUT2D eigenvalue weighted by Crippen LogP contribution is 2.11. The van der Waals surface area contributed by atoms with Crippen LogP contribution < -0.4 is 10.6 Å². The minimum Gasteiger partial charge on any atom is -0.373 e. The Morgan fingerprint density at radius 3 is 2.53 bits per heavy atom. The summed E-state index contributed by atoms with van der Waals surface area (Å²) in [6.07, 6.45) is 1.95. The van der Waals surface area contributed by atoms with E-state index in [1.807, 2.05) is 13.1 Å². The van der Waals surface area contributed by atoms with Gasteiger partial charge in [0.05, 0.1) is 0 Å². The van der Waals surface area contributed by atoms with Crippen molar-refractivity contribution in [1.29, 1.82) is 0 Å². The Bertz CT molecular complexity index is 356. The van der Waals surface area contributed by atoms with Crippen LogP contribution in [0.15, 0.2) is 6.07 Å². The molecule has 0 aliphatic carbocycles. The first kappa shape index (κ1) is 15.7. The Balaban J connectivity index is 2.44. The number of nitrogens with one attached hydrogen (secondary N) is 2. The van der Waals surface area contributed by atoms with E-state index in [2.05, 4.69) is 53.3 Å². The molecule has 0 fully saturated rings. The van der Waals surface area contributed by atoms with Gasteiger partial charge < -0.3 is 15.5 Å². The first-order valence-electron chi connectivity index (χ1n) is 7.06. The number of hydrogen-bond acceptors (Lipinski definition) is 5. The van der Waals surface area contributed by atoms with Crippen molar-refractivity contribution in [2.45, 2.75) is 39.7 Å². The third kappa shape index (κ3) is 5.42. The summed E-state index contributed by atoms with van der Waals surface area (Å²) in [4.78, 5) is 11.2. The van der Waals surface area contributed by atoms with Crippen molar-refractivity contribution in [2.24, 2.45) is 0 Å². The zero-order chi connectivity index (χ0) is 14.3. The van der Waals surface area contributed by atoms with Crippen LogP contribution in [0.1, 0.15) is 33.0 Å². The zero-order valence-electron chi connectivity index (χ0n) is 12.8. The van der Waals surface area contributed by atoms with Crippen molar-refractivity contribution in [2.75, 3.05) is 37.8 Å². The Morgan fingerprint density at radius 1 is 1.26 bits per heavy atom. The summed E-state index contributed by atoms with van der Waals surface area (Å²) in [5.41, 5.74) is 0. The Morgan fingerprint density at radius 2 is 1.95 bits per heavy atom. The first-order chi connectivity index (χ1) is 9.06. The monoisotopic (exact) mass is 265 g/mol. The van der Waals surface area contributed by atoms with Crippen LogP contribution in [-0.4, -0.2) is 48.1 Å². The maximum atomic E-state index is 4.48. The maximum Gasteiger partial charge on any atom is 0.132 e.